The quantitative estimate of drug-likeness (QED) is 0.562. The van der Waals surface area contributed by atoms with E-state index in [2.05, 4.69) is 31.8 Å². The van der Waals surface area contributed by atoms with Crippen LogP contribution in [0.15, 0.2) is 36.9 Å². The monoisotopic (exact) mass is 222 g/mol. The number of rotatable bonds is 5. The van der Waals surface area contributed by atoms with Gasteiger partial charge in [-0.15, -0.1) is 6.58 Å². The Kier molecular flexibility index (Phi) is 4.12. The third-order valence-corrected chi connectivity index (χ3v) is 4.96. The third kappa shape index (κ3) is 3.22. The number of hydrogen-bond donors (Lipinski definition) is 0. The second-order valence-corrected chi connectivity index (χ2v) is 7.73. The fourth-order valence-electron chi connectivity index (χ4n) is 1.34. The van der Waals surface area contributed by atoms with Crippen LogP contribution in [0.3, 0.4) is 0 Å². The topological polar surface area (TPSA) is 18.5 Å². The summed E-state index contributed by atoms with van der Waals surface area (Å²) in [6.45, 7) is 8.64. The first-order chi connectivity index (χ1) is 7.10. The van der Waals surface area contributed by atoms with Crippen molar-refractivity contribution in [2.45, 2.75) is 13.1 Å². The van der Waals surface area contributed by atoms with Gasteiger partial charge in [-0.1, -0.05) is 18.2 Å². The molecule has 2 nitrogen and oxygen atoms in total. The SMILES string of the molecule is C=CCO[Si](C)(C)c1ccc(OC)cc1. The van der Waals surface area contributed by atoms with Crippen LogP contribution in [0.5, 0.6) is 5.75 Å². The molecule has 1 rings (SSSR count). The first-order valence-electron chi connectivity index (χ1n) is 4.99. The molecule has 0 heterocycles. The zero-order chi connectivity index (χ0) is 11.3. The standard InChI is InChI=1S/C12H18O2Si/c1-5-10-14-15(3,4)12-8-6-11(13-2)7-9-12/h5-9H,1,10H2,2-4H3. The van der Waals surface area contributed by atoms with Crippen molar-refractivity contribution in [2.24, 2.45) is 0 Å². The fraction of sp³-hybridized carbons (Fsp3) is 0.333. The Labute approximate surface area is 92.7 Å². The highest BCUT2D eigenvalue weighted by Gasteiger charge is 2.24. The van der Waals surface area contributed by atoms with Gasteiger partial charge in [-0.2, -0.15) is 0 Å². The lowest BCUT2D eigenvalue weighted by atomic mass is 10.3. The average Bonchev–Trinajstić information content (AvgIpc) is 2.26. The Morgan fingerprint density at radius 2 is 1.87 bits per heavy atom. The van der Waals surface area contributed by atoms with E-state index in [4.69, 9.17) is 9.16 Å². The minimum atomic E-state index is -1.76. The summed E-state index contributed by atoms with van der Waals surface area (Å²) < 4.78 is 10.9. The lowest BCUT2D eigenvalue weighted by Crippen LogP contribution is -2.44. The summed E-state index contributed by atoms with van der Waals surface area (Å²) in [5, 5.41) is 1.27. The van der Waals surface area contributed by atoms with Gasteiger partial charge in [-0.05, 0) is 30.4 Å². The van der Waals surface area contributed by atoms with Crippen LogP contribution in [0.1, 0.15) is 0 Å². The van der Waals surface area contributed by atoms with E-state index in [1.807, 2.05) is 12.1 Å². The van der Waals surface area contributed by atoms with E-state index >= 15 is 0 Å². The Morgan fingerprint density at radius 1 is 1.27 bits per heavy atom. The summed E-state index contributed by atoms with van der Waals surface area (Å²) in [5.74, 6) is 0.882. The molecule has 0 amide bonds. The van der Waals surface area contributed by atoms with Crippen molar-refractivity contribution in [2.75, 3.05) is 13.7 Å². The number of ether oxygens (including phenoxy) is 1. The van der Waals surface area contributed by atoms with Crippen LogP contribution in [0.25, 0.3) is 0 Å². The predicted octanol–water partition coefficient (Wildman–Crippen LogP) is 2.31. The summed E-state index contributed by atoms with van der Waals surface area (Å²) >= 11 is 0. The Bertz CT molecular complexity index is 317. The summed E-state index contributed by atoms with van der Waals surface area (Å²) in [4.78, 5) is 0. The van der Waals surface area contributed by atoms with Crippen molar-refractivity contribution in [1.82, 2.24) is 0 Å². The Balaban J connectivity index is 2.79. The first-order valence-corrected chi connectivity index (χ1v) is 7.90. The molecule has 1 aromatic rings. The van der Waals surface area contributed by atoms with Gasteiger partial charge in [0.15, 0.2) is 0 Å². The molecule has 15 heavy (non-hydrogen) atoms. The highest BCUT2D eigenvalue weighted by molar-refractivity contribution is 6.84. The molecule has 0 aliphatic heterocycles. The molecule has 0 saturated carbocycles. The van der Waals surface area contributed by atoms with Crippen molar-refractivity contribution < 1.29 is 9.16 Å². The van der Waals surface area contributed by atoms with E-state index < -0.39 is 8.32 Å². The van der Waals surface area contributed by atoms with Gasteiger partial charge in [0, 0.05) is 0 Å². The van der Waals surface area contributed by atoms with Crippen LogP contribution < -0.4 is 9.92 Å². The minimum Gasteiger partial charge on any atom is -0.497 e. The predicted molar refractivity (Wildman–Crippen MR) is 66.3 cm³/mol. The van der Waals surface area contributed by atoms with Crippen LogP contribution >= 0.6 is 0 Å². The normalized spacial score (nSPS) is 11.1. The maximum atomic E-state index is 5.82. The highest BCUT2D eigenvalue weighted by atomic mass is 28.4. The number of hydrogen-bond acceptors (Lipinski definition) is 2. The molecule has 0 aliphatic rings. The molecule has 0 bridgehead atoms. The number of methoxy groups -OCH3 is 1. The first kappa shape index (κ1) is 12.0. The van der Waals surface area contributed by atoms with Gasteiger partial charge in [0.2, 0.25) is 8.32 Å². The van der Waals surface area contributed by atoms with Crippen LogP contribution in [0, 0.1) is 0 Å². The van der Waals surface area contributed by atoms with Crippen molar-refractivity contribution in [3.05, 3.63) is 36.9 Å². The maximum Gasteiger partial charge on any atom is 0.218 e. The molecular weight excluding hydrogens is 204 g/mol. The van der Waals surface area contributed by atoms with Gasteiger partial charge < -0.3 is 9.16 Å². The zero-order valence-corrected chi connectivity index (χ0v) is 10.6. The van der Waals surface area contributed by atoms with Crippen LogP contribution in [0.4, 0.5) is 0 Å². The Morgan fingerprint density at radius 3 is 2.33 bits per heavy atom. The van der Waals surface area contributed by atoms with E-state index in [1.54, 1.807) is 13.2 Å². The van der Waals surface area contributed by atoms with Gasteiger partial charge in [-0.3, -0.25) is 0 Å². The van der Waals surface area contributed by atoms with Crippen LogP contribution in [-0.4, -0.2) is 22.0 Å². The van der Waals surface area contributed by atoms with Crippen LogP contribution in [0.2, 0.25) is 13.1 Å². The second-order valence-electron chi connectivity index (χ2n) is 3.84. The summed E-state index contributed by atoms with van der Waals surface area (Å²) in [6, 6.07) is 8.10. The summed E-state index contributed by atoms with van der Waals surface area (Å²) in [6.07, 6.45) is 1.79. The van der Waals surface area contributed by atoms with E-state index in [1.165, 1.54) is 5.19 Å². The van der Waals surface area contributed by atoms with Gasteiger partial charge in [-0.25, -0.2) is 0 Å². The molecule has 0 radical (unpaired) electrons. The molecule has 3 heteroatoms. The average molecular weight is 222 g/mol. The molecule has 0 N–H and O–H groups in total. The van der Waals surface area contributed by atoms with E-state index in [-0.39, 0.29) is 0 Å². The van der Waals surface area contributed by atoms with E-state index in [0.29, 0.717) is 6.61 Å². The molecule has 0 saturated heterocycles. The molecule has 0 spiro atoms. The van der Waals surface area contributed by atoms with Gasteiger partial charge >= 0.3 is 0 Å². The molecule has 1 aromatic carbocycles. The molecule has 0 aromatic heterocycles. The fourth-order valence-corrected chi connectivity index (χ4v) is 3.01. The number of benzene rings is 1. The van der Waals surface area contributed by atoms with Gasteiger partial charge in [0.25, 0.3) is 0 Å². The van der Waals surface area contributed by atoms with Gasteiger partial charge in [0.1, 0.15) is 5.75 Å². The van der Waals surface area contributed by atoms with Crippen molar-refractivity contribution in [3.8, 4) is 5.75 Å². The lowest BCUT2D eigenvalue weighted by Gasteiger charge is -2.22. The van der Waals surface area contributed by atoms with Crippen molar-refractivity contribution in [3.63, 3.8) is 0 Å². The van der Waals surface area contributed by atoms with Crippen molar-refractivity contribution >= 4 is 13.5 Å². The molecule has 0 aliphatic carbocycles. The smallest absolute Gasteiger partial charge is 0.218 e. The minimum absolute atomic E-state index is 0.616. The third-order valence-electron chi connectivity index (χ3n) is 2.35. The zero-order valence-electron chi connectivity index (χ0n) is 9.62. The largest absolute Gasteiger partial charge is 0.497 e. The highest BCUT2D eigenvalue weighted by Crippen LogP contribution is 2.11. The molecular formula is C12H18O2Si. The molecule has 82 valence electrons. The van der Waals surface area contributed by atoms with Gasteiger partial charge in [0.05, 0.1) is 13.7 Å². The maximum absolute atomic E-state index is 5.82. The van der Waals surface area contributed by atoms with E-state index in [0.717, 1.165) is 5.75 Å². The molecule has 0 atom stereocenters. The second kappa shape index (κ2) is 5.14. The molecule has 0 unspecified atom stereocenters. The summed E-state index contributed by atoms with van der Waals surface area (Å²) in [5.41, 5.74) is 0. The summed E-state index contributed by atoms with van der Waals surface area (Å²) in [7, 11) is -0.0905. The van der Waals surface area contributed by atoms with Crippen LogP contribution in [-0.2, 0) is 4.43 Å². The molecule has 0 fully saturated rings. The van der Waals surface area contributed by atoms with Crippen molar-refractivity contribution in [1.29, 1.82) is 0 Å². The van der Waals surface area contributed by atoms with E-state index in [9.17, 15) is 0 Å². The lowest BCUT2D eigenvalue weighted by molar-refractivity contribution is 0.362. The Hall–Kier alpha value is -1.06.